The Morgan fingerprint density at radius 1 is 0.547 bits per heavy atom. The highest BCUT2D eigenvalue weighted by atomic mass is 16.5. The van der Waals surface area contributed by atoms with Crippen molar-refractivity contribution in [3.8, 4) is 0 Å². The van der Waals surface area contributed by atoms with Crippen molar-refractivity contribution in [1.82, 2.24) is 5.32 Å². The lowest BCUT2D eigenvalue weighted by molar-refractivity contribution is -0.151. The first-order valence-corrected chi connectivity index (χ1v) is 22.7. The maximum atomic E-state index is 13.1. The predicted molar refractivity (Wildman–Crippen MR) is 227 cm³/mol. The van der Waals surface area contributed by atoms with Crippen molar-refractivity contribution < 1.29 is 24.5 Å². The minimum absolute atomic E-state index is 0.0702. The molecular formula is C47H87NO5. The van der Waals surface area contributed by atoms with E-state index in [1.54, 1.807) is 0 Å². The summed E-state index contributed by atoms with van der Waals surface area (Å²) in [5, 5.41) is 23.5. The van der Waals surface area contributed by atoms with E-state index in [-0.39, 0.29) is 24.9 Å². The number of nitrogens with one attached hydrogen (secondary N) is 1. The molecule has 6 nitrogen and oxygen atoms in total. The molecule has 0 aliphatic carbocycles. The van der Waals surface area contributed by atoms with E-state index in [1.165, 1.54) is 96.3 Å². The fourth-order valence-electron chi connectivity index (χ4n) is 6.73. The van der Waals surface area contributed by atoms with E-state index >= 15 is 0 Å². The van der Waals surface area contributed by atoms with Crippen molar-refractivity contribution in [2.45, 2.75) is 244 Å². The summed E-state index contributed by atoms with van der Waals surface area (Å²) in [5.41, 5.74) is 0. The lowest BCUT2D eigenvalue weighted by atomic mass is 10.0. The van der Waals surface area contributed by atoms with Gasteiger partial charge < -0.3 is 20.3 Å². The van der Waals surface area contributed by atoms with Gasteiger partial charge in [0.05, 0.1) is 25.2 Å². The van der Waals surface area contributed by atoms with Crippen molar-refractivity contribution in [3.63, 3.8) is 0 Å². The first kappa shape index (κ1) is 51.1. The van der Waals surface area contributed by atoms with Crippen LogP contribution in [0.3, 0.4) is 0 Å². The van der Waals surface area contributed by atoms with E-state index in [0.717, 1.165) is 83.5 Å². The second kappa shape index (κ2) is 41.2. The standard InChI is InChI=1S/C47H87NO5/c1-4-7-10-13-16-19-20-21-22-23-24-25-26-28-31-34-37-40-47(52)53-43(38-35-32-29-18-15-12-9-6-3)41-46(51)48-44(42-49)45(50)39-36-33-30-27-17-14-11-8-5-2/h16,19,21-22,24-25,43-45,49-50H,4-15,17-18,20,23,26-42H2,1-3H3,(H,48,51)/b19-16-,22-21-,25-24-. The molecule has 3 unspecified atom stereocenters. The minimum Gasteiger partial charge on any atom is -0.462 e. The third-order valence-electron chi connectivity index (χ3n) is 10.2. The number of carbonyl (C=O) groups excluding carboxylic acids is 2. The van der Waals surface area contributed by atoms with Gasteiger partial charge in [0.2, 0.25) is 5.91 Å². The summed E-state index contributed by atoms with van der Waals surface area (Å²) in [5.74, 6) is -0.500. The van der Waals surface area contributed by atoms with Crippen LogP contribution in [0, 0.1) is 0 Å². The number of hydrogen-bond donors (Lipinski definition) is 3. The quantitative estimate of drug-likeness (QED) is 0.0330. The number of carbonyl (C=O) groups is 2. The van der Waals surface area contributed by atoms with E-state index in [1.807, 2.05) is 0 Å². The second-order valence-corrected chi connectivity index (χ2v) is 15.5. The molecule has 0 radical (unpaired) electrons. The van der Waals surface area contributed by atoms with Gasteiger partial charge in [-0.15, -0.1) is 0 Å². The van der Waals surface area contributed by atoms with Gasteiger partial charge in [-0.2, -0.15) is 0 Å². The van der Waals surface area contributed by atoms with Gasteiger partial charge in [-0.1, -0.05) is 186 Å². The van der Waals surface area contributed by atoms with Crippen LogP contribution < -0.4 is 5.32 Å². The van der Waals surface area contributed by atoms with Crippen molar-refractivity contribution in [1.29, 1.82) is 0 Å². The molecule has 3 N–H and O–H groups in total. The second-order valence-electron chi connectivity index (χ2n) is 15.5. The van der Waals surface area contributed by atoms with Gasteiger partial charge in [-0.05, 0) is 64.2 Å². The molecule has 310 valence electrons. The Balaban J connectivity index is 4.50. The van der Waals surface area contributed by atoms with Gasteiger partial charge in [0, 0.05) is 6.42 Å². The van der Waals surface area contributed by atoms with Crippen molar-refractivity contribution >= 4 is 11.9 Å². The number of esters is 1. The van der Waals surface area contributed by atoms with Crippen LogP contribution in [-0.2, 0) is 14.3 Å². The fraction of sp³-hybridized carbons (Fsp3) is 0.830. The zero-order valence-corrected chi connectivity index (χ0v) is 35.1. The molecule has 0 saturated heterocycles. The lowest BCUT2D eigenvalue weighted by Crippen LogP contribution is -2.46. The van der Waals surface area contributed by atoms with Crippen LogP contribution in [0.4, 0.5) is 0 Å². The molecule has 6 heteroatoms. The maximum Gasteiger partial charge on any atom is 0.306 e. The summed E-state index contributed by atoms with van der Waals surface area (Å²) >= 11 is 0. The zero-order chi connectivity index (χ0) is 38.9. The van der Waals surface area contributed by atoms with Crippen LogP contribution in [0.1, 0.15) is 226 Å². The first-order chi connectivity index (χ1) is 26.0. The largest absolute Gasteiger partial charge is 0.462 e. The average molecular weight is 746 g/mol. The Morgan fingerprint density at radius 2 is 0.962 bits per heavy atom. The minimum atomic E-state index is -0.785. The third kappa shape index (κ3) is 36.8. The highest BCUT2D eigenvalue weighted by Gasteiger charge is 2.24. The van der Waals surface area contributed by atoms with Gasteiger partial charge in [-0.3, -0.25) is 9.59 Å². The van der Waals surface area contributed by atoms with Crippen LogP contribution in [0.25, 0.3) is 0 Å². The van der Waals surface area contributed by atoms with Crippen molar-refractivity contribution in [2.24, 2.45) is 0 Å². The third-order valence-corrected chi connectivity index (χ3v) is 10.2. The molecule has 0 aliphatic rings. The zero-order valence-electron chi connectivity index (χ0n) is 35.1. The number of rotatable bonds is 40. The van der Waals surface area contributed by atoms with Crippen LogP contribution in [0.2, 0.25) is 0 Å². The molecule has 53 heavy (non-hydrogen) atoms. The van der Waals surface area contributed by atoms with E-state index in [0.29, 0.717) is 19.3 Å². The Labute approximate surface area is 328 Å². The highest BCUT2D eigenvalue weighted by Crippen LogP contribution is 2.17. The molecule has 0 heterocycles. The average Bonchev–Trinajstić information content (AvgIpc) is 3.15. The predicted octanol–water partition coefficient (Wildman–Crippen LogP) is 12.9. The summed E-state index contributed by atoms with van der Waals surface area (Å²) in [7, 11) is 0. The Kier molecular flexibility index (Phi) is 39.8. The number of ether oxygens (including phenoxy) is 1. The van der Waals surface area contributed by atoms with E-state index in [2.05, 4.69) is 62.5 Å². The van der Waals surface area contributed by atoms with Crippen LogP contribution >= 0.6 is 0 Å². The molecular weight excluding hydrogens is 659 g/mol. The van der Waals surface area contributed by atoms with E-state index < -0.39 is 18.2 Å². The summed E-state index contributed by atoms with van der Waals surface area (Å²) in [6.45, 7) is 6.40. The Hall–Kier alpha value is -1.92. The SMILES string of the molecule is CCCCC/C=C\C/C=C\C/C=C\CCCCCCC(=O)OC(CCCCCCCCCC)CC(=O)NC(CO)C(O)CCCCCCCCCCC. The molecule has 0 spiro atoms. The van der Waals surface area contributed by atoms with Gasteiger partial charge in [-0.25, -0.2) is 0 Å². The van der Waals surface area contributed by atoms with Crippen molar-refractivity contribution in [3.05, 3.63) is 36.5 Å². The monoisotopic (exact) mass is 746 g/mol. The molecule has 0 aliphatic heterocycles. The summed E-state index contributed by atoms with van der Waals surface area (Å²) in [4.78, 5) is 25.9. The van der Waals surface area contributed by atoms with Gasteiger partial charge in [0.15, 0.2) is 0 Å². The molecule has 0 aromatic heterocycles. The van der Waals surface area contributed by atoms with Gasteiger partial charge >= 0.3 is 5.97 Å². The number of hydrogen-bond acceptors (Lipinski definition) is 5. The van der Waals surface area contributed by atoms with E-state index in [9.17, 15) is 19.8 Å². The van der Waals surface area contributed by atoms with Crippen LogP contribution in [0.15, 0.2) is 36.5 Å². The molecule has 0 saturated carbocycles. The maximum absolute atomic E-state index is 13.1. The number of amides is 1. The summed E-state index contributed by atoms with van der Waals surface area (Å²) in [6, 6.07) is -0.699. The molecule has 3 atom stereocenters. The number of unbranched alkanes of at least 4 members (excludes halogenated alkanes) is 22. The topological polar surface area (TPSA) is 95.9 Å². The lowest BCUT2D eigenvalue weighted by Gasteiger charge is -2.24. The molecule has 0 aromatic rings. The summed E-state index contributed by atoms with van der Waals surface area (Å²) in [6.07, 6.45) is 46.4. The van der Waals surface area contributed by atoms with Crippen LogP contribution in [-0.4, -0.2) is 46.9 Å². The van der Waals surface area contributed by atoms with Crippen LogP contribution in [0.5, 0.6) is 0 Å². The first-order valence-electron chi connectivity index (χ1n) is 22.7. The Morgan fingerprint density at radius 3 is 1.49 bits per heavy atom. The fourth-order valence-corrected chi connectivity index (χ4v) is 6.73. The molecule has 0 bridgehead atoms. The number of aliphatic hydroxyl groups is 2. The molecule has 0 fully saturated rings. The molecule has 0 aromatic carbocycles. The van der Waals surface area contributed by atoms with Gasteiger partial charge in [0.25, 0.3) is 0 Å². The normalized spacial score (nSPS) is 13.7. The highest BCUT2D eigenvalue weighted by molar-refractivity contribution is 5.77. The molecule has 0 rings (SSSR count). The Bertz CT molecular complexity index is 884. The smallest absolute Gasteiger partial charge is 0.306 e. The van der Waals surface area contributed by atoms with Gasteiger partial charge in [0.1, 0.15) is 6.10 Å². The number of aliphatic hydroxyl groups excluding tert-OH is 2. The van der Waals surface area contributed by atoms with E-state index in [4.69, 9.17) is 4.74 Å². The summed E-state index contributed by atoms with van der Waals surface area (Å²) < 4.78 is 5.87. The number of allylic oxidation sites excluding steroid dienone is 6. The van der Waals surface area contributed by atoms with Crippen molar-refractivity contribution in [2.75, 3.05) is 6.61 Å². The molecule has 1 amide bonds.